The maximum Gasteiger partial charge on any atom is 0.0707 e. The van der Waals surface area contributed by atoms with Crippen molar-refractivity contribution in [3.05, 3.63) is 71.8 Å². The first-order valence-corrected chi connectivity index (χ1v) is 7.58. The standard InChI is InChI=1S/C19H20N2/c20-15-19(11-13-21-14-12-19)18(16-7-3-1-4-8-16)17-9-5-2-6-10-17/h1-10,18,21H,11-14H2. The molecule has 0 aromatic heterocycles. The third kappa shape index (κ3) is 2.70. The Balaban J connectivity index is 2.10. The van der Waals surface area contributed by atoms with Crippen LogP contribution in [0.25, 0.3) is 0 Å². The van der Waals surface area contributed by atoms with Crippen molar-refractivity contribution in [3.8, 4) is 6.07 Å². The van der Waals surface area contributed by atoms with E-state index < -0.39 is 0 Å². The van der Waals surface area contributed by atoms with Crippen molar-refractivity contribution >= 4 is 0 Å². The number of benzene rings is 2. The highest BCUT2D eigenvalue weighted by Gasteiger charge is 2.41. The molecule has 0 unspecified atom stereocenters. The van der Waals surface area contributed by atoms with Crippen molar-refractivity contribution in [2.24, 2.45) is 5.41 Å². The summed E-state index contributed by atoms with van der Waals surface area (Å²) in [5, 5.41) is 13.3. The van der Waals surface area contributed by atoms with Gasteiger partial charge in [-0.2, -0.15) is 5.26 Å². The van der Waals surface area contributed by atoms with Gasteiger partial charge in [-0.15, -0.1) is 0 Å². The molecule has 0 bridgehead atoms. The lowest BCUT2D eigenvalue weighted by Gasteiger charge is -2.39. The van der Waals surface area contributed by atoms with Crippen LogP contribution in [0.5, 0.6) is 0 Å². The SMILES string of the molecule is N#CC1(C(c2ccccc2)c2ccccc2)CCNCC1. The second-order valence-electron chi connectivity index (χ2n) is 5.77. The van der Waals surface area contributed by atoms with Crippen LogP contribution in [0, 0.1) is 16.7 Å². The van der Waals surface area contributed by atoms with Crippen LogP contribution >= 0.6 is 0 Å². The number of piperidine rings is 1. The van der Waals surface area contributed by atoms with Crippen LogP contribution < -0.4 is 5.32 Å². The molecule has 2 nitrogen and oxygen atoms in total. The summed E-state index contributed by atoms with van der Waals surface area (Å²) in [7, 11) is 0. The van der Waals surface area contributed by atoms with E-state index in [2.05, 4.69) is 59.9 Å². The molecule has 0 radical (unpaired) electrons. The minimum atomic E-state index is -0.312. The van der Waals surface area contributed by atoms with Crippen molar-refractivity contribution in [2.45, 2.75) is 18.8 Å². The first-order valence-electron chi connectivity index (χ1n) is 7.58. The van der Waals surface area contributed by atoms with Crippen molar-refractivity contribution in [2.75, 3.05) is 13.1 Å². The van der Waals surface area contributed by atoms with Gasteiger partial charge < -0.3 is 5.32 Å². The van der Waals surface area contributed by atoms with Gasteiger partial charge in [-0.25, -0.2) is 0 Å². The fourth-order valence-corrected chi connectivity index (χ4v) is 3.46. The summed E-state index contributed by atoms with van der Waals surface area (Å²) in [6.45, 7) is 1.84. The largest absolute Gasteiger partial charge is 0.317 e. The van der Waals surface area contributed by atoms with Gasteiger partial charge in [0.15, 0.2) is 0 Å². The Morgan fingerprint density at radius 2 is 1.33 bits per heavy atom. The van der Waals surface area contributed by atoms with Crippen molar-refractivity contribution in [1.82, 2.24) is 5.32 Å². The summed E-state index contributed by atoms with van der Waals surface area (Å²) >= 11 is 0. The zero-order chi connectivity index (χ0) is 14.5. The maximum absolute atomic E-state index is 9.96. The second-order valence-corrected chi connectivity index (χ2v) is 5.77. The number of nitriles is 1. The first kappa shape index (κ1) is 13.9. The van der Waals surface area contributed by atoms with Crippen LogP contribution in [0.3, 0.4) is 0 Å². The van der Waals surface area contributed by atoms with Crippen LogP contribution in [-0.4, -0.2) is 13.1 Å². The molecule has 2 aromatic rings. The van der Waals surface area contributed by atoms with Gasteiger partial charge in [-0.1, -0.05) is 60.7 Å². The smallest absolute Gasteiger partial charge is 0.0707 e. The lowest BCUT2D eigenvalue weighted by Crippen LogP contribution is -2.40. The molecule has 0 aliphatic carbocycles. The van der Waals surface area contributed by atoms with Gasteiger partial charge >= 0.3 is 0 Å². The highest BCUT2D eigenvalue weighted by molar-refractivity contribution is 5.38. The topological polar surface area (TPSA) is 35.8 Å². The summed E-state index contributed by atoms with van der Waals surface area (Å²) in [6, 6.07) is 23.6. The summed E-state index contributed by atoms with van der Waals surface area (Å²) in [4.78, 5) is 0. The van der Waals surface area contributed by atoms with Gasteiger partial charge in [0.2, 0.25) is 0 Å². The Hall–Kier alpha value is -2.11. The van der Waals surface area contributed by atoms with Crippen LogP contribution in [0.1, 0.15) is 29.9 Å². The Morgan fingerprint density at radius 3 is 1.76 bits per heavy atom. The lowest BCUT2D eigenvalue weighted by atomic mass is 9.65. The van der Waals surface area contributed by atoms with Gasteiger partial charge in [-0.3, -0.25) is 0 Å². The van der Waals surface area contributed by atoms with Gasteiger partial charge in [0, 0.05) is 5.92 Å². The Bertz CT molecular complexity index is 568. The van der Waals surface area contributed by atoms with E-state index in [1.807, 2.05) is 12.1 Å². The van der Waals surface area contributed by atoms with Gasteiger partial charge in [-0.05, 0) is 37.1 Å². The predicted molar refractivity (Wildman–Crippen MR) is 84.9 cm³/mol. The molecular weight excluding hydrogens is 256 g/mol. The molecule has 1 N–H and O–H groups in total. The molecule has 0 atom stereocenters. The maximum atomic E-state index is 9.96. The summed E-state index contributed by atoms with van der Waals surface area (Å²) in [5.74, 6) is 0.145. The monoisotopic (exact) mass is 276 g/mol. The number of rotatable bonds is 3. The van der Waals surface area contributed by atoms with Crippen molar-refractivity contribution in [1.29, 1.82) is 5.26 Å². The number of nitrogens with one attached hydrogen (secondary N) is 1. The fourth-order valence-electron chi connectivity index (χ4n) is 3.46. The average molecular weight is 276 g/mol. The molecular formula is C19H20N2. The summed E-state index contributed by atoms with van der Waals surface area (Å²) in [6.07, 6.45) is 1.80. The molecule has 106 valence electrons. The quantitative estimate of drug-likeness (QED) is 0.927. The van der Waals surface area contributed by atoms with E-state index in [1.54, 1.807) is 0 Å². The van der Waals surface area contributed by atoms with E-state index >= 15 is 0 Å². The minimum Gasteiger partial charge on any atom is -0.317 e. The molecule has 2 heteroatoms. The third-order valence-corrected chi connectivity index (χ3v) is 4.54. The van der Waals surface area contributed by atoms with Gasteiger partial charge in [0.05, 0.1) is 11.5 Å². The molecule has 1 saturated heterocycles. The number of nitrogens with zero attached hydrogens (tertiary/aromatic N) is 1. The van der Waals surface area contributed by atoms with Crippen LogP contribution in [0.4, 0.5) is 0 Å². The van der Waals surface area contributed by atoms with E-state index in [4.69, 9.17) is 0 Å². The van der Waals surface area contributed by atoms with E-state index in [0.29, 0.717) is 0 Å². The molecule has 1 fully saturated rings. The number of hydrogen-bond donors (Lipinski definition) is 1. The fraction of sp³-hybridized carbons (Fsp3) is 0.316. The van der Waals surface area contributed by atoms with Crippen LogP contribution in [0.2, 0.25) is 0 Å². The molecule has 0 spiro atoms. The molecule has 1 heterocycles. The predicted octanol–water partition coefficient (Wildman–Crippen LogP) is 3.71. The summed E-state index contributed by atoms with van der Waals surface area (Å²) in [5.41, 5.74) is 2.17. The van der Waals surface area contributed by atoms with Crippen molar-refractivity contribution in [3.63, 3.8) is 0 Å². The zero-order valence-electron chi connectivity index (χ0n) is 12.1. The minimum absolute atomic E-state index is 0.145. The molecule has 1 aliphatic rings. The molecule has 0 saturated carbocycles. The van der Waals surface area contributed by atoms with E-state index in [-0.39, 0.29) is 11.3 Å². The van der Waals surface area contributed by atoms with Crippen LogP contribution in [-0.2, 0) is 0 Å². The molecule has 2 aromatic carbocycles. The zero-order valence-corrected chi connectivity index (χ0v) is 12.1. The van der Waals surface area contributed by atoms with Crippen LogP contribution in [0.15, 0.2) is 60.7 Å². The molecule has 0 amide bonds. The van der Waals surface area contributed by atoms with E-state index in [9.17, 15) is 5.26 Å². The molecule has 1 aliphatic heterocycles. The normalized spacial score (nSPS) is 17.3. The highest BCUT2D eigenvalue weighted by atomic mass is 14.9. The molecule has 21 heavy (non-hydrogen) atoms. The van der Waals surface area contributed by atoms with E-state index in [1.165, 1.54) is 11.1 Å². The Kier molecular flexibility index (Phi) is 4.03. The summed E-state index contributed by atoms with van der Waals surface area (Å²) < 4.78 is 0. The average Bonchev–Trinajstić information content (AvgIpc) is 2.58. The number of hydrogen-bond acceptors (Lipinski definition) is 2. The second kappa shape index (κ2) is 6.11. The van der Waals surface area contributed by atoms with Gasteiger partial charge in [0.1, 0.15) is 0 Å². The lowest BCUT2D eigenvalue weighted by molar-refractivity contribution is 0.250. The third-order valence-electron chi connectivity index (χ3n) is 4.54. The Morgan fingerprint density at radius 1 is 0.857 bits per heavy atom. The van der Waals surface area contributed by atoms with Gasteiger partial charge in [0.25, 0.3) is 0 Å². The Labute approximate surface area is 126 Å². The van der Waals surface area contributed by atoms with E-state index in [0.717, 1.165) is 25.9 Å². The molecule has 3 rings (SSSR count). The highest BCUT2D eigenvalue weighted by Crippen LogP contribution is 2.46. The first-order chi connectivity index (χ1) is 10.4. The van der Waals surface area contributed by atoms with Crippen molar-refractivity contribution < 1.29 is 0 Å².